The van der Waals surface area contributed by atoms with Gasteiger partial charge in [-0.15, -0.1) is 6.58 Å². The van der Waals surface area contributed by atoms with Crippen molar-refractivity contribution in [3.8, 4) is 0 Å². The predicted molar refractivity (Wildman–Crippen MR) is 81.7 cm³/mol. The minimum atomic E-state index is -3.51. The fraction of sp³-hybridized carbons (Fsp3) is 0.385. The molecule has 0 spiro atoms. The van der Waals surface area contributed by atoms with Crippen LogP contribution in [-0.4, -0.2) is 33.4 Å². The largest absolute Gasteiger partial charge is 0.316 e. The number of hydrogen-bond donors (Lipinski definition) is 1. The van der Waals surface area contributed by atoms with Crippen LogP contribution in [0, 0.1) is 6.92 Å². The number of rotatable bonds is 6. The van der Waals surface area contributed by atoms with Gasteiger partial charge in [-0.25, -0.2) is 8.42 Å². The maximum absolute atomic E-state index is 12.5. The summed E-state index contributed by atoms with van der Waals surface area (Å²) in [5.74, 6) is 0. The van der Waals surface area contributed by atoms with Gasteiger partial charge in [-0.2, -0.15) is 4.31 Å². The highest BCUT2D eigenvalue weighted by atomic mass is 79.9. The summed E-state index contributed by atoms with van der Waals surface area (Å²) in [5, 5.41) is 3.02. The molecule has 6 heteroatoms. The highest BCUT2D eigenvalue weighted by Gasteiger charge is 2.24. The van der Waals surface area contributed by atoms with Crippen LogP contribution in [0.2, 0.25) is 0 Å². The van der Waals surface area contributed by atoms with Crippen LogP contribution < -0.4 is 5.32 Å². The molecule has 0 aliphatic carbocycles. The lowest BCUT2D eigenvalue weighted by Crippen LogP contribution is -2.27. The summed E-state index contributed by atoms with van der Waals surface area (Å²) >= 11 is 3.37. The molecule has 1 N–H and O–H groups in total. The van der Waals surface area contributed by atoms with Crippen LogP contribution in [0.5, 0.6) is 0 Å². The lowest BCUT2D eigenvalue weighted by molar-refractivity contribution is 0.498. The van der Waals surface area contributed by atoms with Crippen molar-refractivity contribution < 1.29 is 8.42 Å². The Morgan fingerprint density at radius 2 is 2.11 bits per heavy atom. The first-order valence-electron chi connectivity index (χ1n) is 5.85. The minimum absolute atomic E-state index is 0.282. The van der Waals surface area contributed by atoms with Gasteiger partial charge in [0.1, 0.15) is 0 Å². The molecule has 0 aliphatic heterocycles. The van der Waals surface area contributed by atoms with Gasteiger partial charge in [0.2, 0.25) is 10.0 Å². The van der Waals surface area contributed by atoms with Crippen LogP contribution in [-0.2, 0) is 16.6 Å². The van der Waals surface area contributed by atoms with Crippen molar-refractivity contribution in [2.75, 3.05) is 20.6 Å². The molecule has 0 unspecified atom stereocenters. The number of aryl methyl sites for hydroxylation is 1. The number of halogens is 1. The van der Waals surface area contributed by atoms with Gasteiger partial charge in [0.15, 0.2) is 0 Å². The molecule has 0 saturated heterocycles. The molecule has 1 aromatic carbocycles. The van der Waals surface area contributed by atoms with E-state index in [0.717, 1.165) is 11.1 Å². The zero-order chi connectivity index (χ0) is 14.6. The average Bonchev–Trinajstić information content (AvgIpc) is 2.34. The van der Waals surface area contributed by atoms with Gasteiger partial charge in [0.05, 0.1) is 4.90 Å². The van der Waals surface area contributed by atoms with Gasteiger partial charge >= 0.3 is 0 Å². The molecule has 1 aromatic rings. The third-order valence-electron chi connectivity index (χ3n) is 2.74. The average molecular weight is 347 g/mol. The maximum atomic E-state index is 12.5. The van der Waals surface area contributed by atoms with Crippen molar-refractivity contribution in [3.05, 3.63) is 40.4 Å². The van der Waals surface area contributed by atoms with E-state index < -0.39 is 10.0 Å². The predicted octanol–water partition coefficient (Wildman–Crippen LogP) is 2.28. The molecule has 0 aliphatic rings. The quantitative estimate of drug-likeness (QED) is 0.804. The summed E-state index contributed by atoms with van der Waals surface area (Å²) in [6.07, 6.45) is 1.57. The van der Waals surface area contributed by atoms with E-state index in [0.29, 0.717) is 15.9 Å². The van der Waals surface area contributed by atoms with Crippen LogP contribution in [0.1, 0.15) is 11.1 Å². The molecule has 4 nitrogen and oxygen atoms in total. The molecular weight excluding hydrogens is 328 g/mol. The highest BCUT2D eigenvalue weighted by Crippen LogP contribution is 2.29. The molecule has 1 rings (SSSR count). The molecule has 0 atom stereocenters. The van der Waals surface area contributed by atoms with Gasteiger partial charge in [-0.1, -0.05) is 12.1 Å². The lowest BCUT2D eigenvalue weighted by Gasteiger charge is -2.18. The molecule has 0 bridgehead atoms. The van der Waals surface area contributed by atoms with E-state index >= 15 is 0 Å². The second-order valence-electron chi connectivity index (χ2n) is 4.33. The van der Waals surface area contributed by atoms with Gasteiger partial charge in [0, 0.05) is 24.6 Å². The monoisotopic (exact) mass is 346 g/mol. The van der Waals surface area contributed by atoms with E-state index in [1.165, 1.54) is 4.31 Å². The van der Waals surface area contributed by atoms with Crippen LogP contribution in [0.25, 0.3) is 0 Å². The summed E-state index contributed by atoms with van der Waals surface area (Å²) in [6, 6.07) is 3.66. The number of benzene rings is 1. The Morgan fingerprint density at radius 1 is 1.47 bits per heavy atom. The van der Waals surface area contributed by atoms with E-state index in [2.05, 4.69) is 27.8 Å². The van der Waals surface area contributed by atoms with Gasteiger partial charge in [-0.3, -0.25) is 0 Å². The number of sulfonamides is 1. The van der Waals surface area contributed by atoms with Crippen molar-refractivity contribution in [2.24, 2.45) is 0 Å². The Morgan fingerprint density at radius 3 is 2.63 bits per heavy atom. The fourth-order valence-corrected chi connectivity index (χ4v) is 3.92. The Hall–Kier alpha value is -0.690. The minimum Gasteiger partial charge on any atom is -0.316 e. The second kappa shape index (κ2) is 6.65. The van der Waals surface area contributed by atoms with Crippen molar-refractivity contribution in [1.29, 1.82) is 0 Å². The summed E-state index contributed by atoms with van der Waals surface area (Å²) in [7, 11) is -0.134. The van der Waals surface area contributed by atoms with Gasteiger partial charge in [-0.05, 0) is 47.1 Å². The Bertz CT molecular complexity index is 570. The van der Waals surface area contributed by atoms with E-state index in [1.807, 2.05) is 20.0 Å². The molecular formula is C13H19BrN2O2S. The van der Waals surface area contributed by atoms with Crippen LogP contribution in [0.4, 0.5) is 0 Å². The maximum Gasteiger partial charge on any atom is 0.244 e. The smallest absolute Gasteiger partial charge is 0.244 e. The molecule has 0 amide bonds. The highest BCUT2D eigenvalue weighted by molar-refractivity contribution is 9.10. The van der Waals surface area contributed by atoms with Gasteiger partial charge in [0.25, 0.3) is 0 Å². The van der Waals surface area contributed by atoms with E-state index in [-0.39, 0.29) is 6.54 Å². The van der Waals surface area contributed by atoms with Crippen LogP contribution >= 0.6 is 15.9 Å². The number of nitrogens with zero attached hydrogens (tertiary/aromatic N) is 1. The Kier molecular flexibility index (Phi) is 5.73. The number of likely N-dealkylation sites (N-methyl/N-ethyl adjacent to an activating group) is 1. The Labute approximate surface area is 123 Å². The molecule has 0 fully saturated rings. The molecule has 19 heavy (non-hydrogen) atoms. The molecule has 0 aromatic heterocycles. The summed E-state index contributed by atoms with van der Waals surface area (Å²) < 4.78 is 26.9. The van der Waals surface area contributed by atoms with E-state index in [1.54, 1.807) is 19.2 Å². The molecule has 0 radical (unpaired) electrons. The number of nitrogens with one attached hydrogen (secondary N) is 1. The molecule has 0 saturated carbocycles. The van der Waals surface area contributed by atoms with Crippen LogP contribution in [0.15, 0.2) is 34.2 Å². The Balaban J connectivity index is 3.36. The third-order valence-corrected chi connectivity index (χ3v) is 5.90. The van der Waals surface area contributed by atoms with Crippen molar-refractivity contribution >= 4 is 26.0 Å². The van der Waals surface area contributed by atoms with E-state index in [4.69, 9.17) is 0 Å². The SMILES string of the molecule is C=CCN(C)S(=O)(=O)c1cc(CNC)cc(C)c1Br. The zero-order valence-electron chi connectivity index (χ0n) is 11.4. The van der Waals surface area contributed by atoms with Crippen LogP contribution in [0.3, 0.4) is 0 Å². The van der Waals surface area contributed by atoms with E-state index in [9.17, 15) is 8.42 Å². The first kappa shape index (κ1) is 16.4. The molecule has 106 valence electrons. The summed E-state index contributed by atoms with van der Waals surface area (Å²) in [6.45, 7) is 6.36. The fourth-order valence-electron chi connectivity index (χ4n) is 1.75. The lowest BCUT2D eigenvalue weighted by atomic mass is 10.1. The first-order chi connectivity index (χ1) is 8.84. The number of hydrogen-bond acceptors (Lipinski definition) is 3. The van der Waals surface area contributed by atoms with Crippen molar-refractivity contribution in [3.63, 3.8) is 0 Å². The normalized spacial score (nSPS) is 11.8. The third kappa shape index (κ3) is 3.66. The van der Waals surface area contributed by atoms with Crippen molar-refractivity contribution in [2.45, 2.75) is 18.4 Å². The van der Waals surface area contributed by atoms with Crippen molar-refractivity contribution in [1.82, 2.24) is 9.62 Å². The zero-order valence-corrected chi connectivity index (χ0v) is 13.8. The summed E-state index contributed by atoms with van der Waals surface area (Å²) in [4.78, 5) is 0.294. The second-order valence-corrected chi connectivity index (χ2v) is 7.14. The van der Waals surface area contributed by atoms with Gasteiger partial charge < -0.3 is 5.32 Å². The topological polar surface area (TPSA) is 49.4 Å². The first-order valence-corrected chi connectivity index (χ1v) is 8.08. The molecule has 0 heterocycles. The summed E-state index contributed by atoms with van der Waals surface area (Å²) in [5.41, 5.74) is 1.84. The standard InChI is InChI=1S/C13H19BrN2O2S/c1-5-6-16(4)19(17,18)12-8-11(9-15-3)7-10(2)13(12)14/h5,7-8,15H,1,6,9H2,2-4H3.